The van der Waals surface area contributed by atoms with E-state index >= 15 is 0 Å². The molecule has 26 heavy (non-hydrogen) atoms. The van der Waals surface area contributed by atoms with E-state index in [9.17, 15) is 0 Å². The second-order valence-corrected chi connectivity index (χ2v) is 7.70. The summed E-state index contributed by atoms with van der Waals surface area (Å²) in [5.41, 5.74) is 6.32. The Bertz CT molecular complexity index is 997. The largest absolute Gasteiger partial charge is 0.248 e. The van der Waals surface area contributed by atoms with Crippen LogP contribution < -0.4 is 0 Å². The fourth-order valence-electron chi connectivity index (χ4n) is 2.92. The molecule has 0 aliphatic rings. The van der Waals surface area contributed by atoms with E-state index in [0.29, 0.717) is 5.02 Å². The van der Waals surface area contributed by atoms with E-state index < -0.39 is 0 Å². The van der Waals surface area contributed by atoms with Crippen molar-refractivity contribution in [3.05, 3.63) is 99.6 Å². The first-order valence-corrected chi connectivity index (χ1v) is 9.74. The van der Waals surface area contributed by atoms with Gasteiger partial charge in [-0.05, 0) is 70.1 Å². The number of aromatic nitrogens is 1. The Morgan fingerprint density at radius 2 is 1.19 bits per heavy atom. The van der Waals surface area contributed by atoms with Crippen LogP contribution in [-0.4, -0.2) is 4.98 Å². The molecule has 0 unspecified atom stereocenters. The van der Waals surface area contributed by atoms with Gasteiger partial charge in [0.25, 0.3) is 0 Å². The van der Waals surface area contributed by atoms with Gasteiger partial charge in [0.05, 0.1) is 11.4 Å². The van der Waals surface area contributed by atoms with Gasteiger partial charge >= 0.3 is 0 Å². The van der Waals surface area contributed by atoms with Crippen LogP contribution in [0.1, 0.15) is 0 Å². The molecule has 0 aliphatic carbocycles. The van der Waals surface area contributed by atoms with Crippen molar-refractivity contribution < 1.29 is 0 Å². The Balaban J connectivity index is 1.93. The van der Waals surface area contributed by atoms with Crippen LogP contribution in [-0.2, 0) is 0 Å². The molecule has 0 spiro atoms. The van der Waals surface area contributed by atoms with Crippen LogP contribution in [0.25, 0.3) is 33.6 Å². The molecule has 0 amide bonds. The molecule has 1 nitrogen and oxygen atoms in total. The average Bonchev–Trinajstić information content (AvgIpc) is 2.68. The second kappa shape index (κ2) is 7.60. The van der Waals surface area contributed by atoms with Gasteiger partial charge in [-0.15, -0.1) is 0 Å². The standard InChI is InChI=1S/C23H15ClIN/c24-20-10-4-8-17(12-20)22-14-19(16-6-2-1-3-7-16)15-23(26-22)18-9-5-11-21(25)13-18/h1-15H. The first-order valence-electron chi connectivity index (χ1n) is 8.28. The summed E-state index contributed by atoms with van der Waals surface area (Å²) >= 11 is 8.53. The summed E-state index contributed by atoms with van der Waals surface area (Å²) in [6.45, 7) is 0. The highest BCUT2D eigenvalue weighted by molar-refractivity contribution is 14.1. The summed E-state index contributed by atoms with van der Waals surface area (Å²) in [5, 5.41) is 0.713. The second-order valence-electron chi connectivity index (χ2n) is 6.01. The normalized spacial score (nSPS) is 10.7. The van der Waals surface area contributed by atoms with Crippen molar-refractivity contribution >= 4 is 34.2 Å². The third-order valence-corrected chi connectivity index (χ3v) is 5.08. The minimum atomic E-state index is 0.713. The summed E-state index contributed by atoms with van der Waals surface area (Å²) in [6, 6.07) is 30.9. The number of rotatable bonds is 3. The van der Waals surface area contributed by atoms with E-state index in [2.05, 4.69) is 83.3 Å². The maximum absolute atomic E-state index is 6.20. The molecular formula is C23H15ClIN. The first-order chi connectivity index (χ1) is 12.7. The molecule has 1 heterocycles. The summed E-state index contributed by atoms with van der Waals surface area (Å²) in [7, 11) is 0. The minimum absolute atomic E-state index is 0.713. The Labute approximate surface area is 171 Å². The van der Waals surface area contributed by atoms with Crippen molar-refractivity contribution in [3.8, 4) is 33.6 Å². The highest BCUT2D eigenvalue weighted by atomic mass is 127. The molecule has 4 rings (SSSR count). The van der Waals surface area contributed by atoms with E-state index in [1.54, 1.807) is 0 Å². The van der Waals surface area contributed by atoms with Crippen LogP contribution in [0.2, 0.25) is 5.02 Å². The molecule has 3 heteroatoms. The maximum Gasteiger partial charge on any atom is 0.0716 e. The van der Waals surface area contributed by atoms with Crippen LogP contribution in [0.4, 0.5) is 0 Å². The van der Waals surface area contributed by atoms with Gasteiger partial charge in [0.2, 0.25) is 0 Å². The molecule has 3 aromatic carbocycles. The van der Waals surface area contributed by atoms with Gasteiger partial charge in [0.15, 0.2) is 0 Å². The van der Waals surface area contributed by atoms with Crippen molar-refractivity contribution in [2.45, 2.75) is 0 Å². The molecular weight excluding hydrogens is 453 g/mol. The number of halogens is 2. The van der Waals surface area contributed by atoms with E-state index in [1.165, 1.54) is 9.13 Å². The smallest absolute Gasteiger partial charge is 0.0716 e. The zero-order valence-corrected chi connectivity index (χ0v) is 16.8. The fraction of sp³-hybridized carbons (Fsp3) is 0. The fourth-order valence-corrected chi connectivity index (χ4v) is 3.65. The average molecular weight is 468 g/mol. The summed E-state index contributed by atoms with van der Waals surface area (Å²) in [6.07, 6.45) is 0. The van der Waals surface area contributed by atoms with E-state index in [1.807, 2.05) is 30.3 Å². The van der Waals surface area contributed by atoms with Crippen molar-refractivity contribution in [2.75, 3.05) is 0 Å². The van der Waals surface area contributed by atoms with E-state index in [4.69, 9.17) is 16.6 Å². The monoisotopic (exact) mass is 467 g/mol. The first kappa shape index (κ1) is 17.3. The lowest BCUT2D eigenvalue weighted by molar-refractivity contribution is 1.32. The molecule has 0 aliphatic heterocycles. The molecule has 0 saturated carbocycles. The lowest BCUT2D eigenvalue weighted by Crippen LogP contribution is -1.91. The highest BCUT2D eigenvalue weighted by Crippen LogP contribution is 2.31. The zero-order chi connectivity index (χ0) is 17.9. The van der Waals surface area contributed by atoms with Crippen molar-refractivity contribution in [3.63, 3.8) is 0 Å². The van der Waals surface area contributed by atoms with Gasteiger partial charge in [-0.25, -0.2) is 4.98 Å². The van der Waals surface area contributed by atoms with Gasteiger partial charge < -0.3 is 0 Å². The molecule has 0 radical (unpaired) electrons. The summed E-state index contributed by atoms with van der Waals surface area (Å²) < 4.78 is 1.19. The van der Waals surface area contributed by atoms with Crippen LogP contribution in [0, 0.1) is 3.57 Å². The number of benzene rings is 3. The lowest BCUT2D eigenvalue weighted by Gasteiger charge is -2.11. The number of nitrogens with zero attached hydrogens (tertiary/aromatic N) is 1. The predicted octanol–water partition coefficient (Wildman–Crippen LogP) is 7.34. The third-order valence-electron chi connectivity index (χ3n) is 4.17. The van der Waals surface area contributed by atoms with Crippen LogP contribution in [0.3, 0.4) is 0 Å². The summed E-state index contributed by atoms with van der Waals surface area (Å²) in [4.78, 5) is 4.92. The number of pyridine rings is 1. The molecule has 0 bridgehead atoms. The SMILES string of the molecule is Clc1cccc(-c2cc(-c3ccccc3)cc(-c3cccc(I)c3)n2)c1. The number of hydrogen-bond donors (Lipinski definition) is 0. The number of hydrogen-bond acceptors (Lipinski definition) is 1. The molecule has 0 atom stereocenters. The van der Waals surface area contributed by atoms with Crippen LogP contribution in [0.5, 0.6) is 0 Å². The third kappa shape index (κ3) is 3.81. The van der Waals surface area contributed by atoms with Crippen LogP contribution in [0.15, 0.2) is 91.0 Å². The Hall–Kier alpha value is -2.17. The van der Waals surface area contributed by atoms with Crippen LogP contribution >= 0.6 is 34.2 Å². The Morgan fingerprint density at radius 1 is 0.577 bits per heavy atom. The van der Waals surface area contributed by atoms with E-state index in [-0.39, 0.29) is 0 Å². The summed E-state index contributed by atoms with van der Waals surface area (Å²) in [5.74, 6) is 0. The van der Waals surface area contributed by atoms with Gasteiger partial charge in [0.1, 0.15) is 0 Å². The van der Waals surface area contributed by atoms with Gasteiger partial charge in [-0.3, -0.25) is 0 Å². The van der Waals surface area contributed by atoms with E-state index in [0.717, 1.165) is 28.1 Å². The molecule has 0 N–H and O–H groups in total. The Kier molecular flexibility index (Phi) is 5.05. The van der Waals surface area contributed by atoms with Gasteiger partial charge in [-0.1, -0.05) is 66.2 Å². The van der Waals surface area contributed by atoms with Gasteiger partial charge in [-0.2, -0.15) is 0 Å². The molecule has 0 saturated heterocycles. The Morgan fingerprint density at radius 3 is 1.85 bits per heavy atom. The zero-order valence-electron chi connectivity index (χ0n) is 13.9. The molecule has 1 aromatic heterocycles. The van der Waals surface area contributed by atoms with Crippen molar-refractivity contribution in [2.24, 2.45) is 0 Å². The molecule has 4 aromatic rings. The molecule has 0 fully saturated rings. The predicted molar refractivity (Wildman–Crippen MR) is 118 cm³/mol. The van der Waals surface area contributed by atoms with Crippen molar-refractivity contribution in [1.82, 2.24) is 4.98 Å². The quantitative estimate of drug-likeness (QED) is 0.287. The molecule has 126 valence electrons. The van der Waals surface area contributed by atoms with Crippen molar-refractivity contribution in [1.29, 1.82) is 0 Å². The lowest BCUT2D eigenvalue weighted by atomic mass is 10.00. The topological polar surface area (TPSA) is 12.9 Å². The maximum atomic E-state index is 6.20. The minimum Gasteiger partial charge on any atom is -0.248 e. The van der Waals surface area contributed by atoms with Gasteiger partial charge in [0, 0.05) is 19.7 Å². The highest BCUT2D eigenvalue weighted by Gasteiger charge is 2.09.